The van der Waals surface area contributed by atoms with Crippen LogP contribution in [0.1, 0.15) is 63.8 Å². The molecule has 0 saturated heterocycles. The summed E-state index contributed by atoms with van der Waals surface area (Å²) in [6.07, 6.45) is 7.84. The molecule has 1 aromatic heterocycles. The van der Waals surface area contributed by atoms with E-state index in [-0.39, 0.29) is 0 Å². The molecule has 2 unspecified atom stereocenters. The molecule has 3 nitrogen and oxygen atoms in total. The number of pyridine rings is 1. The van der Waals surface area contributed by atoms with Crippen LogP contribution >= 0.6 is 0 Å². The van der Waals surface area contributed by atoms with Crippen LogP contribution in [0, 0.1) is 12.8 Å². The zero-order chi connectivity index (χ0) is 15.1. The van der Waals surface area contributed by atoms with E-state index in [1.54, 1.807) is 0 Å². The van der Waals surface area contributed by atoms with E-state index in [1.807, 2.05) is 6.92 Å². The minimum absolute atomic E-state index is 0.373. The molecular weight excluding hydrogens is 260 g/mol. The van der Waals surface area contributed by atoms with Gasteiger partial charge in [0.05, 0.1) is 11.8 Å². The van der Waals surface area contributed by atoms with Crippen molar-refractivity contribution in [2.24, 2.45) is 5.92 Å². The van der Waals surface area contributed by atoms with Gasteiger partial charge in [0.25, 0.3) is 0 Å². The first-order valence-corrected chi connectivity index (χ1v) is 8.56. The molecule has 1 aliphatic carbocycles. The summed E-state index contributed by atoms with van der Waals surface area (Å²) < 4.78 is 6.30. The fourth-order valence-electron chi connectivity index (χ4n) is 3.11. The quantitative estimate of drug-likeness (QED) is 0.763. The van der Waals surface area contributed by atoms with Gasteiger partial charge in [-0.05, 0) is 57.2 Å². The Morgan fingerprint density at radius 2 is 2.14 bits per heavy atom. The summed E-state index contributed by atoms with van der Waals surface area (Å²) >= 11 is 0. The zero-order valence-corrected chi connectivity index (χ0v) is 13.8. The van der Waals surface area contributed by atoms with Gasteiger partial charge in [0, 0.05) is 12.2 Å². The lowest BCUT2D eigenvalue weighted by atomic mass is 9.85. The number of nitrogens with zero attached hydrogens (tertiary/aromatic N) is 1. The third-order valence-electron chi connectivity index (χ3n) is 4.40. The molecule has 0 amide bonds. The molecule has 1 aliphatic rings. The smallest absolute Gasteiger partial charge is 0.142 e. The predicted octanol–water partition coefficient (Wildman–Crippen LogP) is 4.24. The molecule has 0 aromatic carbocycles. The molecule has 0 spiro atoms. The number of hydrogen-bond donors (Lipinski definition) is 1. The highest BCUT2D eigenvalue weighted by Crippen LogP contribution is 2.30. The van der Waals surface area contributed by atoms with Crippen molar-refractivity contribution in [3.63, 3.8) is 0 Å². The first kappa shape index (κ1) is 16.3. The third kappa shape index (κ3) is 4.99. The molecule has 2 atom stereocenters. The van der Waals surface area contributed by atoms with Gasteiger partial charge in [0.2, 0.25) is 0 Å². The Morgan fingerprint density at radius 3 is 2.90 bits per heavy atom. The number of ether oxygens (including phenoxy) is 1. The van der Waals surface area contributed by atoms with Crippen LogP contribution in [0.2, 0.25) is 0 Å². The van der Waals surface area contributed by atoms with Gasteiger partial charge in [0.15, 0.2) is 0 Å². The highest BCUT2D eigenvalue weighted by molar-refractivity contribution is 5.29. The Hall–Kier alpha value is -1.09. The van der Waals surface area contributed by atoms with Crippen molar-refractivity contribution >= 4 is 0 Å². The first-order chi connectivity index (χ1) is 10.2. The molecule has 1 N–H and O–H groups in total. The van der Waals surface area contributed by atoms with E-state index >= 15 is 0 Å². The summed E-state index contributed by atoms with van der Waals surface area (Å²) in [5, 5.41) is 3.43. The van der Waals surface area contributed by atoms with Crippen LogP contribution in [0.25, 0.3) is 0 Å². The largest absolute Gasteiger partial charge is 0.488 e. The van der Waals surface area contributed by atoms with E-state index in [1.165, 1.54) is 32.1 Å². The van der Waals surface area contributed by atoms with Crippen LogP contribution in [0.5, 0.6) is 5.75 Å². The van der Waals surface area contributed by atoms with Gasteiger partial charge < -0.3 is 10.1 Å². The van der Waals surface area contributed by atoms with Crippen molar-refractivity contribution < 1.29 is 4.74 Å². The van der Waals surface area contributed by atoms with Gasteiger partial charge in [-0.25, -0.2) is 0 Å². The minimum atomic E-state index is 0.373. The monoisotopic (exact) mass is 290 g/mol. The average molecular weight is 290 g/mol. The Bertz CT molecular complexity index is 433. The van der Waals surface area contributed by atoms with Crippen LogP contribution < -0.4 is 10.1 Å². The highest BCUT2D eigenvalue weighted by Gasteiger charge is 2.23. The topological polar surface area (TPSA) is 34.2 Å². The number of aryl methyl sites for hydroxylation is 1. The molecule has 1 heterocycles. The van der Waals surface area contributed by atoms with E-state index < -0.39 is 0 Å². The summed E-state index contributed by atoms with van der Waals surface area (Å²) in [5.74, 6) is 1.81. The van der Waals surface area contributed by atoms with Gasteiger partial charge in [-0.15, -0.1) is 0 Å². The SMILES string of the molecule is CCCNCc1nc(C)ccc1OC1CCCC(CC)C1. The lowest BCUT2D eigenvalue weighted by molar-refractivity contribution is 0.120. The van der Waals surface area contributed by atoms with E-state index in [2.05, 4.69) is 36.3 Å². The molecule has 118 valence electrons. The van der Waals surface area contributed by atoms with E-state index in [0.29, 0.717) is 6.10 Å². The molecule has 21 heavy (non-hydrogen) atoms. The second kappa shape index (κ2) is 8.38. The fraction of sp³-hybridized carbons (Fsp3) is 0.722. The average Bonchev–Trinajstić information content (AvgIpc) is 2.50. The molecule has 0 bridgehead atoms. The van der Waals surface area contributed by atoms with Gasteiger partial charge in [-0.3, -0.25) is 4.98 Å². The third-order valence-corrected chi connectivity index (χ3v) is 4.40. The first-order valence-electron chi connectivity index (χ1n) is 8.56. The van der Waals surface area contributed by atoms with Gasteiger partial charge in [-0.1, -0.05) is 26.7 Å². The van der Waals surface area contributed by atoms with E-state index in [0.717, 1.165) is 42.6 Å². The molecule has 1 aromatic rings. The summed E-state index contributed by atoms with van der Waals surface area (Å²) in [5.41, 5.74) is 2.12. The highest BCUT2D eigenvalue weighted by atomic mass is 16.5. The van der Waals surface area contributed by atoms with Crippen LogP contribution in [0.15, 0.2) is 12.1 Å². The van der Waals surface area contributed by atoms with E-state index in [9.17, 15) is 0 Å². The Balaban J connectivity index is 2.00. The maximum absolute atomic E-state index is 6.30. The number of rotatable bonds is 7. The van der Waals surface area contributed by atoms with Crippen LogP contribution in [-0.2, 0) is 6.54 Å². The van der Waals surface area contributed by atoms with Crippen LogP contribution in [0.3, 0.4) is 0 Å². The lowest BCUT2D eigenvalue weighted by Crippen LogP contribution is -2.26. The fourth-order valence-corrected chi connectivity index (χ4v) is 3.11. The number of nitrogens with one attached hydrogen (secondary N) is 1. The molecule has 1 saturated carbocycles. The molecule has 0 aliphatic heterocycles. The number of aromatic nitrogens is 1. The van der Waals surface area contributed by atoms with Gasteiger partial charge in [0.1, 0.15) is 5.75 Å². The summed E-state index contributed by atoms with van der Waals surface area (Å²) in [7, 11) is 0. The maximum Gasteiger partial charge on any atom is 0.142 e. The van der Waals surface area contributed by atoms with Gasteiger partial charge in [-0.2, -0.15) is 0 Å². The van der Waals surface area contributed by atoms with Crippen LogP contribution in [-0.4, -0.2) is 17.6 Å². The molecule has 1 fully saturated rings. The normalized spacial score (nSPS) is 22.2. The summed E-state index contributed by atoms with van der Waals surface area (Å²) in [6, 6.07) is 4.15. The number of hydrogen-bond acceptors (Lipinski definition) is 3. The Morgan fingerprint density at radius 1 is 1.29 bits per heavy atom. The standard InChI is InChI=1S/C18H30N2O/c1-4-11-19-13-17-18(10-9-14(3)20-17)21-16-8-6-7-15(5-2)12-16/h9-10,15-16,19H,4-8,11-13H2,1-3H3. The van der Waals surface area contributed by atoms with Crippen LogP contribution in [0.4, 0.5) is 0 Å². The van der Waals surface area contributed by atoms with Crippen molar-refractivity contribution in [1.29, 1.82) is 0 Å². The summed E-state index contributed by atoms with van der Waals surface area (Å²) in [4.78, 5) is 4.66. The lowest BCUT2D eigenvalue weighted by Gasteiger charge is -2.29. The molecule has 2 rings (SSSR count). The predicted molar refractivity (Wildman–Crippen MR) is 87.6 cm³/mol. The summed E-state index contributed by atoms with van der Waals surface area (Å²) in [6.45, 7) is 8.34. The van der Waals surface area contributed by atoms with Crippen molar-refractivity contribution in [3.8, 4) is 5.75 Å². The zero-order valence-electron chi connectivity index (χ0n) is 13.8. The van der Waals surface area contributed by atoms with Crippen molar-refractivity contribution in [1.82, 2.24) is 10.3 Å². The second-order valence-electron chi connectivity index (χ2n) is 6.25. The molecule has 3 heteroatoms. The second-order valence-corrected chi connectivity index (χ2v) is 6.25. The van der Waals surface area contributed by atoms with Crippen molar-refractivity contribution in [3.05, 3.63) is 23.5 Å². The van der Waals surface area contributed by atoms with Crippen molar-refractivity contribution in [2.45, 2.75) is 71.9 Å². The molecule has 0 radical (unpaired) electrons. The Kier molecular flexibility index (Phi) is 6.50. The maximum atomic E-state index is 6.30. The molecular formula is C18H30N2O. The van der Waals surface area contributed by atoms with Gasteiger partial charge >= 0.3 is 0 Å². The Labute approximate surface area is 129 Å². The van der Waals surface area contributed by atoms with Crippen molar-refractivity contribution in [2.75, 3.05) is 6.54 Å². The van der Waals surface area contributed by atoms with E-state index in [4.69, 9.17) is 4.74 Å². The minimum Gasteiger partial charge on any atom is -0.488 e.